The predicted molar refractivity (Wildman–Crippen MR) is 88.8 cm³/mol. The molecule has 1 saturated heterocycles. The summed E-state index contributed by atoms with van der Waals surface area (Å²) in [5, 5.41) is 15.2. The van der Waals surface area contributed by atoms with E-state index in [0.717, 1.165) is 26.2 Å². The Morgan fingerprint density at radius 3 is 2.38 bits per heavy atom. The van der Waals surface area contributed by atoms with Gasteiger partial charge in [-0.2, -0.15) is 5.10 Å². The highest BCUT2D eigenvalue weighted by Gasteiger charge is 2.29. The Labute approximate surface area is 141 Å². The number of aromatic nitrogens is 2. The fraction of sp³-hybridized carbons (Fsp3) is 0.750. The first-order valence-electron chi connectivity index (χ1n) is 8.67. The Kier molecular flexibility index (Phi) is 4.84. The molecule has 3 rings (SSSR count). The average Bonchev–Trinajstić information content (AvgIpc) is 3.16. The average molecular weight is 335 g/mol. The number of aryl methyl sites for hydroxylation is 1. The van der Waals surface area contributed by atoms with Crippen molar-refractivity contribution in [3.8, 4) is 0 Å². The number of rotatable bonds is 4. The van der Waals surface area contributed by atoms with E-state index >= 15 is 0 Å². The summed E-state index contributed by atoms with van der Waals surface area (Å²) >= 11 is 0. The molecule has 1 aromatic rings. The van der Waals surface area contributed by atoms with Gasteiger partial charge >= 0.3 is 5.69 Å². The second kappa shape index (κ2) is 6.88. The van der Waals surface area contributed by atoms with Gasteiger partial charge in [0.1, 0.15) is 17.9 Å². The summed E-state index contributed by atoms with van der Waals surface area (Å²) in [7, 11) is 0. The van der Waals surface area contributed by atoms with Crippen molar-refractivity contribution in [2.45, 2.75) is 52.1 Å². The molecular weight excluding hydrogens is 310 g/mol. The third-order valence-corrected chi connectivity index (χ3v) is 5.32. The number of piperazine rings is 1. The van der Waals surface area contributed by atoms with E-state index in [0.29, 0.717) is 17.4 Å². The summed E-state index contributed by atoms with van der Waals surface area (Å²) in [6.07, 6.45) is 5.20. The molecule has 2 heterocycles. The van der Waals surface area contributed by atoms with Gasteiger partial charge in [0.15, 0.2) is 0 Å². The summed E-state index contributed by atoms with van der Waals surface area (Å²) in [5.41, 5.74) is 0.806. The maximum Gasteiger partial charge on any atom is 0.312 e. The Morgan fingerprint density at radius 1 is 1.21 bits per heavy atom. The minimum Gasteiger partial charge on any atom is -0.339 e. The molecule has 0 atom stereocenters. The van der Waals surface area contributed by atoms with Gasteiger partial charge in [0.05, 0.1) is 4.92 Å². The van der Waals surface area contributed by atoms with Crippen molar-refractivity contribution >= 4 is 11.6 Å². The van der Waals surface area contributed by atoms with E-state index in [1.165, 1.54) is 30.4 Å². The molecule has 0 aromatic carbocycles. The normalized spacial score (nSPS) is 19.8. The summed E-state index contributed by atoms with van der Waals surface area (Å²) in [6, 6.07) is 0.695. The lowest BCUT2D eigenvalue weighted by Crippen LogP contribution is -2.52. The van der Waals surface area contributed by atoms with Crippen LogP contribution in [0.4, 0.5) is 5.69 Å². The highest BCUT2D eigenvalue weighted by atomic mass is 16.6. The van der Waals surface area contributed by atoms with Crippen LogP contribution in [-0.4, -0.2) is 62.6 Å². The molecule has 0 N–H and O–H groups in total. The Balaban J connectivity index is 1.58. The Morgan fingerprint density at radius 2 is 1.83 bits per heavy atom. The molecule has 0 unspecified atom stereocenters. The van der Waals surface area contributed by atoms with Crippen LogP contribution in [-0.2, 0) is 11.3 Å². The first-order chi connectivity index (χ1) is 11.5. The first kappa shape index (κ1) is 16.9. The van der Waals surface area contributed by atoms with Crippen LogP contribution in [0.5, 0.6) is 0 Å². The number of nitrogens with zero attached hydrogens (tertiary/aromatic N) is 5. The quantitative estimate of drug-likeness (QED) is 0.615. The minimum absolute atomic E-state index is 0.00820. The highest BCUT2D eigenvalue weighted by Crippen LogP contribution is 2.25. The third-order valence-electron chi connectivity index (χ3n) is 5.32. The van der Waals surface area contributed by atoms with E-state index in [4.69, 9.17) is 0 Å². The van der Waals surface area contributed by atoms with E-state index in [2.05, 4.69) is 10.00 Å². The monoisotopic (exact) mass is 335 g/mol. The van der Waals surface area contributed by atoms with Gasteiger partial charge in [0, 0.05) is 32.2 Å². The van der Waals surface area contributed by atoms with Crippen molar-refractivity contribution in [1.29, 1.82) is 0 Å². The lowest BCUT2D eigenvalue weighted by atomic mass is 10.2. The van der Waals surface area contributed by atoms with Gasteiger partial charge < -0.3 is 4.90 Å². The molecule has 1 aliphatic heterocycles. The summed E-state index contributed by atoms with van der Waals surface area (Å²) < 4.78 is 1.46. The number of amides is 1. The van der Waals surface area contributed by atoms with E-state index < -0.39 is 4.92 Å². The number of hydrogen-bond acceptors (Lipinski definition) is 5. The van der Waals surface area contributed by atoms with Crippen LogP contribution in [0, 0.1) is 24.0 Å². The molecule has 24 heavy (non-hydrogen) atoms. The van der Waals surface area contributed by atoms with Crippen molar-refractivity contribution in [3.05, 3.63) is 21.5 Å². The maximum absolute atomic E-state index is 12.5. The van der Waals surface area contributed by atoms with Gasteiger partial charge in [-0.1, -0.05) is 12.8 Å². The first-order valence-corrected chi connectivity index (χ1v) is 8.67. The van der Waals surface area contributed by atoms with Crippen molar-refractivity contribution < 1.29 is 9.72 Å². The van der Waals surface area contributed by atoms with E-state index in [1.54, 1.807) is 13.8 Å². The van der Waals surface area contributed by atoms with Crippen LogP contribution in [0.25, 0.3) is 0 Å². The van der Waals surface area contributed by atoms with E-state index in [-0.39, 0.29) is 18.1 Å². The molecule has 1 amide bonds. The topological polar surface area (TPSA) is 84.5 Å². The van der Waals surface area contributed by atoms with Crippen molar-refractivity contribution in [1.82, 2.24) is 19.6 Å². The zero-order chi connectivity index (χ0) is 17.3. The standard InChI is InChI=1S/C16H25N5O3/c1-12-16(21(23)24)13(2)20(17-12)11-15(22)19-9-7-18(8-10-19)14-5-3-4-6-14/h14H,3-11H2,1-2H3. The molecule has 0 radical (unpaired) electrons. The number of hydrogen-bond donors (Lipinski definition) is 0. The molecule has 132 valence electrons. The molecule has 1 aliphatic carbocycles. The van der Waals surface area contributed by atoms with Gasteiger partial charge in [-0.25, -0.2) is 0 Å². The van der Waals surface area contributed by atoms with Crippen LogP contribution in [0.3, 0.4) is 0 Å². The number of nitro groups is 1. The lowest BCUT2D eigenvalue weighted by Gasteiger charge is -2.38. The number of carbonyl (C=O) groups excluding carboxylic acids is 1. The molecule has 2 aliphatic rings. The van der Waals surface area contributed by atoms with Gasteiger partial charge in [-0.05, 0) is 26.7 Å². The largest absolute Gasteiger partial charge is 0.339 e. The fourth-order valence-electron chi connectivity index (χ4n) is 3.94. The molecule has 1 aromatic heterocycles. The van der Waals surface area contributed by atoms with E-state index in [1.807, 2.05) is 4.90 Å². The molecule has 2 fully saturated rings. The smallest absolute Gasteiger partial charge is 0.312 e. The third kappa shape index (κ3) is 3.28. The minimum atomic E-state index is -0.432. The van der Waals surface area contributed by atoms with Crippen LogP contribution >= 0.6 is 0 Å². The molecule has 1 saturated carbocycles. The summed E-state index contributed by atoms with van der Waals surface area (Å²) in [5.74, 6) is -0.0124. The van der Waals surface area contributed by atoms with Gasteiger partial charge in [-0.15, -0.1) is 0 Å². The van der Waals surface area contributed by atoms with Crippen LogP contribution in [0.15, 0.2) is 0 Å². The summed E-state index contributed by atoms with van der Waals surface area (Å²) in [4.78, 5) is 27.5. The van der Waals surface area contributed by atoms with E-state index in [9.17, 15) is 14.9 Å². The van der Waals surface area contributed by atoms with Gasteiger partial charge in [-0.3, -0.25) is 24.5 Å². The summed E-state index contributed by atoms with van der Waals surface area (Å²) in [6.45, 7) is 6.63. The highest BCUT2D eigenvalue weighted by molar-refractivity contribution is 5.76. The van der Waals surface area contributed by atoms with Crippen molar-refractivity contribution in [2.75, 3.05) is 26.2 Å². The lowest BCUT2D eigenvalue weighted by molar-refractivity contribution is -0.386. The SMILES string of the molecule is Cc1nn(CC(=O)N2CCN(C3CCCC3)CC2)c(C)c1[N+](=O)[O-]. The van der Waals surface area contributed by atoms with Crippen LogP contribution < -0.4 is 0 Å². The predicted octanol–water partition coefficient (Wildman–Crippen LogP) is 1.49. The molecule has 8 heteroatoms. The molecule has 0 spiro atoms. The maximum atomic E-state index is 12.5. The van der Waals surface area contributed by atoms with Crippen molar-refractivity contribution in [3.63, 3.8) is 0 Å². The second-order valence-corrected chi connectivity index (χ2v) is 6.79. The zero-order valence-corrected chi connectivity index (χ0v) is 14.4. The fourth-order valence-corrected chi connectivity index (χ4v) is 3.94. The second-order valence-electron chi connectivity index (χ2n) is 6.79. The number of carbonyl (C=O) groups is 1. The molecule has 8 nitrogen and oxygen atoms in total. The van der Waals surface area contributed by atoms with Crippen LogP contribution in [0.1, 0.15) is 37.1 Å². The molecular formula is C16H25N5O3. The van der Waals surface area contributed by atoms with Gasteiger partial charge in [0.25, 0.3) is 0 Å². The van der Waals surface area contributed by atoms with Gasteiger partial charge in [0.2, 0.25) is 5.91 Å². The Bertz CT molecular complexity index is 628. The molecule has 0 bridgehead atoms. The van der Waals surface area contributed by atoms with Crippen molar-refractivity contribution in [2.24, 2.45) is 0 Å². The van der Waals surface area contributed by atoms with Crippen LogP contribution in [0.2, 0.25) is 0 Å². The Hall–Kier alpha value is -1.96. The zero-order valence-electron chi connectivity index (χ0n) is 14.4.